The van der Waals surface area contributed by atoms with E-state index in [0.717, 1.165) is 0 Å². The Labute approximate surface area is 104 Å². The Kier molecular flexibility index (Phi) is 846. The summed E-state index contributed by atoms with van der Waals surface area (Å²) in [5.41, 5.74) is 0. The molecular weight excluding hydrogens is 296 g/mol. The average Bonchev–Trinajstić information content (AvgIpc) is 0. The molecule has 0 spiro atoms. The third kappa shape index (κ3) is 49.6. The molecular formula is H4Fe3S4. The Morgan fingerprint density at radius 1 is 0.429 bits per heavy atom. The Balaban J connectivity index is 0. The number of hydrogen-bond donors (Lipinski definition) is 0. The smallest absolute Gasteiger partial charge is 0.813 e. The quantitative estimate of drug-likeness (QED) is 0.317. The van der Waals surface area contributed by atoms with Crippen LogP contribution in [0.2, 0.25) is 0 Å². The van der Waals surface area contributed by atoms with Crippen LogP contribution in [0.25, 0.3) is 0 Å². The van der Waals surface area contributed by atoms with Gasteiger partial charge < -0.3 is 54.0 Å². The molecule has 7 heteroatoms. The summed E-state index contributed by atoms with van der Waals surface area (Å²) >= 11 is 0. The summed E-state index contributed by atoms with van der Waals surface area (Å²) in [6, 6.07) is 0. The number of rotatable bonds is 0. The van der Waals surface area contributed by atoms with Gasteiger partial charge in [0.2, 0.25) is 0 Å². The van der Waals surface area contributed by atoms with Crippen LogP contribution in [-0.2, 0) is 105 Å². The van der Waals surface area contributed by atoms with Gasteiger partial charge in [0.1, 0.15) is 0 Å². The van der Waals surface area contributed by atoms with Crippen molar-refractivity contribution in [3.63, 3.8) is 0 Å². The number of hydrogen-bond acceptors (Lipinski definition) is 4. The van der Waals surface area contributed by atoms with Gasteiger partial charge in [-0.05, 0) is 0 Å². The Morgan fingerprint density at radius 3 is 0.429 bits per heavy atom. The molecule has 0 aromatic heterocycles. The van der Waals surface area contributed by atoms with E-state index in [4.69, 9.17) is 0 Å². The number of thiol groups is 4. The summed E-state index contributed by atoms with van der Waals surface area (Å²) in [6.07, 6.45) is 0. The average molecular weight is 300 g/mol. The maximum atomic E-state index is 0. The van der Waals surface area contributed by atoms with E-state index in [1.807, 2.05) is 0 Å². The van der Waals surface area contributed by atoms with Crippen molar-refractivity contribution >= 4 is 54.0 Å². The standard InChI is InChI=1S/3Fe.4H2S/h;;;4*1H2/q;;+4;;;;/p-4. The topological polar surface area (TPSA) is 0 Å². The van der Waals surface area contributed by atoms with Gasteiger partial charge in [0, 0.05) is 34.1 Å². The van der Waals surface area contributed by atoms with E-state index in [1.54, 1.807) is 0 Å². The summed E-state index contributed by atoms with van der Waals surface area (Å²) in [4.78, 5) is 0. The first kappa shape index (κ1) is 91.3. The molecule has 0 rings (SSSR count). The van der Waals surface area contributed by atoms with Crippen molar-refractivity contribution in [3.8, 4) is 0 Å². The van der Waals surface area contributed by atoms with Crippen LogP contribution in [0.5, 0.6) is 0 Å². The van der Waals surface area contributed by atoms with Gasteiger partial charge in [0.05, 0.1) is 0 Å². The molecule has 0 amide bonds. The van der Waals surface area contributed by atoms with Crippen LogP contribution >= 0.6 is 0 Å². The first-order chi connectivity index (χ1) is 0. The van der Waals surface area contributed by atoms with Crippen LogP contribution in [0.15, 0.2) is 0 Å². The molecule has 0 fully saturated rings. The predicted molar refractivity (Wildman–Crippen MR) is 35.0 cm³/mol. The summed E-state index contributed by atoms with van der Waals surface area (Å²) in [5, 5.41) is 0. The van der Waals surface area contributed by atoms with E-state index in [1.165, 1.54) is 0 Å². The monoisotopic (exact) mass is 300 g/mol. The fourth-order valence-electron chi connectivity index (χ4n) is 0. The second kappa shape index (κ2) is 64.8. The van der Waals surface area contributed by atoms with Gasteiger partial charge in [0.15, 0.2) is 0 Å². The minimum atomic E-state index is 0. The molecule has 0 saturated carbocycles. The molecule has 0 aromatic rings. The van der Waals surface area contributed by atoms with Crippen molar-refractivity contribution < 1.29 is 51.2 Å². The van der Waals surface area contributed by atoms with E-state index in [-0.39, 0.29) is 105 Å². The molecule has 0 aliphatic heterocycles. The van der Waals surface area contributed by atoms with Crippen LogP contribution in [0, 0.1) is 0 Å². The first-order valence-electron chi connectivity index (χ1n) is 0. The predicted octanol–water partition coefficient (Wildman–Crippen LogP) is -1.09. The minimum Gasteiger partial charge on any atom is -0.813 e. The molecule has 0 heterocycles. The molecule has 0 saturated heterocycles. The summed E-state index contributed by atoms with van der Waals surface area (Å²) in [6.45, 7) is 0. The zero-order chi connectivity index (χ0) is 0. The second-order valence-corrected chi connectivity index (χ2v) is 0. The maximum absolute atomic E-state index is 0. The Bertz CT molecular complexity index is 6.90. The van der Waals surface area contributed by atoms with E-state index in [0.29, 0.717) is 0 Å². The van der Waals surface area contributed by atoms with E-state index in [2.05, 4.69) is 0 Å². The molecule has 0 unspecified atom stereocenters. The molecule has 0 radical (unpaired) electrons. The van der Waals surface area contributed by atoms with Gasteiger partial charge in [-0.15, -0.1) is 0 Å². The third-order valence-corrected chi connectivity index (χ3v) is 0. The zero-order valence-electron chi connectivity index (χ0n) is 2.85. The fraction of sp³-hybridized carbons (Fsp3) is 0. The van der Waals surface area contributed by atoms with Crippen molar-refractivity contribution in [1.82, 2.24) is 0 Å². The summed E-state index contributed by atoms with van der Waals surface area (Å²) in [5.74, 6) is 0. The van der Waals surface area contributed by atoms with E-state index >= 15 is 0 Å². The van der Waals surface area contributed by atoms with Gasteiger partial charge in [0.25, 0.3) is 0 Å². The van der Waals surface area contributed by atoms with Crippen LogP contribution < -0.4 is 0 Å². The van der Waals surface area contributed by atoms with Crippen LogP contribution in [0.1, 0.15) is 0 Å². The van der Waals surface area contributed by atoms with Crippen molar-refractivity contribution in [2.24, 2.45) is 0 Å². The van der Waals surface area contributed by atoms with Crippen LogP contribution in [0.4, 0.5) is 0 Å². The van der Waals surface area contributed by atoms with Gasteiger partial charge in [-0.1, -0.05) is 0 Å². The normalized spacial score (nSPS) is 0. The zero-order valence-corrected chi connectivity index (χ0v) is 9.74. The van der Waals surface area contributed by atoms with Gasteiger partial charge >= 0.3 is 17.1 Å². The SMILES string of the molecule is [Fe+4].[Fe].[Fe].[SH-].[SH-].[SH-].[SH-]. The molecule has 0 aromatic carbocycles. The van der Waals surface area contributed by atoms with Gasteiger partial charge in [-0.25, -0.2) is 0 Å². The second-order valence-electron chi connectivity index (χ2n) is 0. The fourth-order valence-corrected chi connectivity index (χ4v) is 0. The minimum absolute atomic E-state index is 0. The van der Waals surface area contributed by atoms with Gasteiger partial charge in [-0.3, -0.25) is 0 Å². The van der Waals surface area contributed by atoms with Crippen molar-refractivity contribution in [3.05, 3.63) is 0 Å². The maximum Gasteiger partial charge on any atom is 4.00 e. The van der Waals surface area contributed by atoms with E-state index in [9.17, 15) is 0 Å². The molecule has 0 N–H and O–H groups in total. The summed E-state index contributed by atoms with van der Waals surface area (Å²) < 4.78 is 0. The summed E-state index contributed by atoms with van der Waals surface area (Å²) in [7, 11) is 0. The van der Waals surface area contributed by atoms with Crippen molar-refractivity contribution in [1.29, 1.82) is 0 Å². The first-order valence-corrected chi connectivity index (χ1v) is 0. The molecule has 0 aliphatic carbocycles. The van der Waals surface area contributed by atoms with E-state index < -0.39 is 0 Å². The molecule has 0 bridgehead atoms. The Morgan fingerprint density at radius 2 is 0.429 bits per heavy atom. The van der Waals surface area contributed by atoms with Crippen LogP contribution in [-0.4, -0.2) is 0 Å². The third-order valence-electron chi connectivity index (χ3n) is 0. The molecule has 0 aliphatic rings. The van der Waals surface area contributed by atoms with Crippen molar-refractivity contribution in [2.75, 3.05) is 0 Å². The van der Waals surface area contributed by atoms with Gasteiger partial charge in [-0.2, -0.15) is 0 Å². The molecule has 7 heavy (non-hydrogen) atoms. The molecule has 52 valence electrons. The van der Waals surface area contributed by atoms with Crippen LogP contribution in [0.3, 0.4) is 0 Å². The van der Waals surface area contributed by atoms with Crippen molar-refractivity contribution in [2.45, 2.75) is 0 Å². The molecule has 0 nitrogen and oxygen atoms in total. The largest absolute Gasteiger partial charge is 4.00 e. The Hall–Kier alpha value is 2.96. The molecule has 0 atom stereocenters.